The van der Waals surface area contributed by atoms with Gasteiger partial charge >= 0.3 is 12.1 Å². The Hall–Kier alpha value is -4.35. The molecule has 0 saturated carbocycles. The van der Waals surface area contributed by atoms with Crippen LogP contribution >= 0.6 is 0 Å². The Balaban J connectivity index is 2.31. The first-order valence-electron chi connectivity index (χ1n) is 9.67. The van der Waals surface area contributed by atoms with Crippen LogP contribution in [0.5, 0.6) is 5.88 Å². The smallest absolute Gasteiger partial charge is 0.438 e. The lowest BCUT2D eigenvalue weighted by Gasteiger charge is -2.15. The van der Waals surface area contributed by atoms with E-state index in [1.54, 1.807) is 48.6 Å². The van der Waals surface area contributed by atoms with Gasteiger partial charge in [-0.25, -0.2) is 14.6 Å². The number of carbonyl (C=O) groups is 2. The Morgan fingerprint density at radius 2 is 1.82 bits per heavy atom. The monoisotopic (exact) mass is 448 g/mol. The molecular formula is C25H24N2O6. The Morgan fingerprint density at radius 1 is 1.12 bits per heavy atom. The summed E-state index contributed by atoms with van der Waals surface area (Å²) < 4.78 is 14.5. The van der Waals surface area contributed by atoms with E-state index >= 15 is 0 Å². The molecule has 0 spiro atoms. The van der Waals surface area contributed by atoms with Crippen LogP contribution in [-0.4, -0.2) is 43.6 Å². The van der Waals surface area contributed by atoms with Crippen LogP contribution in [0.2, 0.25) is 0 Å². The van der Waals surface area contributed by atoms with Gasteiger partial charge in [-0.05, 0) is 48.9 Å². The number of nitrogens with zero attached hydrogens (tertiary/aromatic N) is 2. The van der Waals surface area contributed by atoms with E-state index < -0.39 is 12.1 Å². The van der Waals surface area contributed by atoms with Crippen LogP contribution in [0.1, 0.15) is 28.4 Å². The van der Waals surface area contributed by atoms with E-state index in [0.717, 1.165) is 18.2 Å². The van der Waals surface area contributed by atoms with Crippen LogP contribution in [0.3, 0.4) is 0 Å². The average Bonchev–Trinajstić information content (AvgIpc) is 2.86. The molecule has 8 heteroatoms. The predicted molar refractivity (Wildman–Crippen MR) is 124 cm³/mol. The van der Waals surface area contributed by atoms with Gasteiger partial charge in [0.1, 0.15) is 0 Å². The summed E-state index contributed by atoms with van der Waals surface area (Å²) in [7, 11) is 3.95. The minimum Gasteiger partial charge on any atom is -0.481 e. The third kappa shape index (κ3) is 6.56. The van der Waals surface area contributed by atoms with Gasteiger partial charge < -0.3 is 14.2 Å². The topological polar surface area (TPSA) is 98.2 Å². The largest absolute Gasteiger partial charge is 0.481 e. The lowest BCUT2D eigenvalue weighted by atomic mass is 10.1. The van der Waals surface area contributed by atoms with Gasteiger partial charge in [-0.15, -0.1) is 0 Å². The Labute approximate surface area is 192 Å². The quantitative estimate of drug-likeness (QED) is 0.230. The fraction of sp³-hybridized carbons (Fsp3) is 0.160. The van der Waals surface area contributed by atoms with Gasteiger partial charge in [-0.3, -0.25) is 5.21 Å². The van der Waals surface area contributed by atoms with Gasteiger partial charge in [0.25, 0.3) is 0 Å². The molecule has 0 fully saturated rings. The van der Waals surface area contributed by atoms with Crippen molar-refractivity contribution >= 4 is 23.3 Å². The molecule has 0 aliphatic carbocycles. The highest BCUT2D eigenvalue weighted by molar-refractivity contribution is 5.89. The highest BCUT2D eigenvalue weighted by Crippen LogP contribution is 2.28. The van der Waals surface area contributed by atoms with Gasteiger partial charge in [0.2, 0.25) is 5.88 Å². The zero-order valence-corrected chi connectivity index (χ0v) is 18.8. The first-order valence-corrected chi connectivity index (χ1v) is 9.67. The number of carbonyl (C=O) groups excluding carboxylic acids is 2. The fourth-order valence-electron chi connectivity index (χ4n) is 2.61. The summed E-state index contributed by atoms with van der Waals surface area (Å²) in [5.41, 5.74) is 3.23. The van der Waals surface area contributed by atoms with E-state index in [1.807, 2.05) is 6.92 Å². The van der Waals surface area contributed by atoms with Crippen molar-refractivity contribution < 1.29 is 29.0 Å². The molecule has 1 heterocycles. The SMILES string of the molecule is C=C/C(C#Cc1ccc(C(=O)OC)cc1)=C\C=C(/C)c1cc(N(O)C(=O)OC)cnc1OC. The summed E-state index contributed by atoms with van der Waals surface area (Å²) in [4.78, 5) is 27.2. The maximum Gasteiger partial charge on any atom is 0.438 e. The van der Waals surface area contributed by atoms with Crippen LogP contribution in [0.4, 0.5) is 10.5 Å². The van der Waals surface area contributed by atoms with Gasteiger partial charge in [0.05, 0.1) is 38.8 Å². The number of aromatic nitrogens is 1. The van der Waals surface area contributed by atoms with E-state index in [2.05, 4.69) is 32.9 Å². The molecule has 2 rings (SSSR count). The van der Waals surface area contributed by atoms with E-state index in [-0.39, 0.29) is 5.69 Å². The number of anilines is 1. The summed E-state index contributed by atoms with van der Waals surface area (Å²) in [6, 6.07) is 8.28. The molecule has 1 N–H and O–H groups in total. The molecule has 170 valence electrons. The first kappa shape index (κ1) is 24.9. The molecular weight excluding hydrogens is 424 g/mol. The van der Waals surface area contributed by atoms with Gasteiger partial charge in [-0.2, -0.15) is 5.06 Å². The minimum atomic E-state index is -0.946. The summed E-state index contributed by atoms with van der Waals surface area (Å²) in [6.07, 6.45) is 5.50. The summed E-state index contributed by atoms with van der Waals surface area (Å²) in [6.45, 7) is 5.60. The summed E-state index contributed by atoms with van der Waals surface area (Å²) >= 11 is 0. The Morgan fingerprint density at radius 3 is 2.39 bits per heavy atom. The van der Waals surface area contributed by atoms with E-state index in [4.69, 9.17) is 4.74 Å². The molecule has 1 amide bonds. The third-order valence-electron chi connectivity index (χ3n) is 4.44. The number of hydroxylamine groups is 1. The molecule has 1 aromatic carbocycles. The van der Waals surface area contributed by atoms with Gasteiger partial charge in [0.15, 0.2) is 0 Å². The molecule has 0 unspecified atom stereocenters. The standard InChI is InChI=1S/C25H24N2O6/c1-6-18(9-10-19-11-13-20(14-12-19)24(28)32-4)8-7-17(2)22-15-21(16-26-23(22)31-3)27(30)25(29)33-5/h6-8,11-16,30H,1H2,2-5H3/b17-7+,18-8+. The van der Waals surface area contributed by atoms with Gasteiger partial charge in [-0.1, -0.05) is 30.6 Å². The minimum absolute atomic E-state index is 0.119. The second-order valence-corrected chi connectivity index (χ2v) is 6.53. The van der Waals surface area contributed by atoms with Crippen molar-refractivity contribution in [3.05, 3.63) is 83.6 Å². The van der Waals surface area contributed by atoms with Crippen molar-refractivity contribution in [3.63, 3.8) is 0 Å². The lowest BCUT2D eigenvalue weighted by Crippen LogP contribution is -2.26. The number of amides is 1. The number of esters is 1. The second-order valence-electron chi connectivity index (χ2n) is 6.53. The van der Waals surface area contributed by atoms with E-state index in [0.29, 0.717) is 27.6 Å². The van der Waals surface area contributed by atoms with Gasteiger partial charge in [0, 0.05) is 16.7 Å². The molecule has 0 aliphatic rings. The predicted octanol–water partition coefficient (Wildman–Crippen LogP) is 4.41. The molecule has 0 aliphatic heterocycles. The van der Waals surface area contributed by atoms with Crippen molar-refractivity contribution in [1.82, 2.24) is 4.98 Å². The van der Waals surface area contributed by atoms with Crippen LogP contribution < -0.4 is 9.80 Å². The average molecular weight is 448 g/mol. The molecule has 8 nitrogen and oxygen atoms in total. The van der Waals surface area contributed by atoms with Crippen LogP contribution in [0, 0.1) is 11.8 Å². The zero-order valence-electron chi connectivity index (χ0n) is 18.8. The summed E-state index contributed by atoms with van der Waals surface area (Å²) in [5, 5.41) is 10.3. The number of methoxy groups -OCH3 is 3. The van der Waals surface area contributed by atoms with Crippen molar-refractivity contribution in [3.8, 4) is 17.7 Å². The lowest BCUT2D eigenvalue weighted by molar-refractivity contribution is 0.0600. The van der Waals surface area contributed by atoms with Crippen LogP contribution in [0.15, 0.2) is 66.9 Å². The van der Waals surface area contributed by atoms with Crippen molar-refractivity contribution in [2.75, 3.05) is 26.4 Å². The maximum absolute atomic E-state index is 11.6. The van der Waals surface area contributed by atoms with E-state index in [1.165, 1.54) is 20.4 Å². The Bertz CT molecular complexity index is 1150. The normalized spacial score (nSPS) is 11.1. The molecule has 0 radical (unpaired) electrons. The maximum atomic E-state index is 11.6. The fourth-order valence-corrected chi connectivity index (χ4v) is 2.61. The highest BCUT2D eigenvalue weighted by Gasteiger charge is 2.17. The molecule has 0 saturated heterocycles. The van der Waals surface area contributed by atoms with Crippen LogP contribution in [-0.2, 0) is 9.47 Å². The molecule has 1 aromatic heterocycles. The number of hydrogen-bond donors (Lipinski definition) is 1. The number of hydrogen-bond acceptors (Lipinski definition) is 7. The second kappa shape index (κ2) is 11.9. The number of ether oxygens (including phenoxy) is 3. The van der Waals surface area contributed by atoms with Crippen molar-refractivity contribution in [1.29, 1.82) is 0 Å². The molecule has 0 atom stereocenters. The molecule has 33 heavy (non-hydrogen) atoms. The number of rotatable bonds is 6. The number of pyridine rings is 1. The first-order chi connectivity index (χ1) is 15.8. The molecule has 2 aromatic rings. The molecule has 0 bridgehead atoms. The van der Waals surface area contributed by atoms with E-state index in [9.17, 15) is 14.8 Å². The number of allylic oxidation sites excluding steroid dienone is 5. The number of benzene rings is 1. The Kier molecular flexibility index (Phi) is 8.97. The zero-order chi connectivity index (χ0) is 24.4. The summed E-state index contributed by atoms with van der Waals surface area (Å²) in [5.74, 6) is 5.93. The highest BCUT2D eigenvalue weighted by atomic mass is 16.6. The van der Waals surface area contributed by atoms with Crippen molar-refractivity contribution in [2.24, 2.45) is 0 Å². The van der Waals surface area contributed by atoms with Crippen molar-refractivity contribution in [2.45, 2.75) is 6.92 Å². The van der Waals surface area contributed by atoms with Crippen LogP contribution in [0.25, 0.3) is 5.57 Å². The third-order valence-corrected chi connectivity index (χ3v) is 4.44.